The first-order valence-electron chi connectivity index (χ1n) is 7.95. The van der Waals surface area contributed by atoms with Crippen LogP contribution < -0.4 is 18.9 Å². The smallest absolute Gasteiger partial charge is 0.470 e. The first-order chi connectivity index (χ1) is 13.2. The number of hydrogen-bond acceptors (Lipinski definition) is 7. The van der Waals surface area contributed by atoms with Gasteiger partial charge in [0.05, 0.1) is 28.4 Å². The van der Waals surface area contributed by atoms with Gasteiger partial charge >= 0.3 is 7.82 Å². The summed E-state index contributed by atoms with van der Waals surface area (Å²) in [5.74, 6) is 0.604. The van der Waals surface area contributed by atoms with E-state index >= 15 is 0 Å². The molecule has 1 unspecified atom stereocenters. The van der Waals surface area contributed by atoms with E-state index in [-0.39, 0.29) is 11.1 Å². The number of methoxy groups -OCH3 is 4. The maximum absolute atomic E-state index is 13.1. The Labute approximate surface area is 162 Å². The van der Waals surface area contributed by atoms with Gasteiger partial charge in [0.1, 0.15) is 23.0 Å². The first-order valence-corrected chi connectivity index (χ1v) is 9.48. The second kappa shape index (κ2) is 9.07. The van der Waals surface area contributed by atoms with Crippen LogP contribution in [-0.4, -0.2) is 44.0 Å². The van der Waals surface area contributed by atoms with Crippen LogP contribution in [0.4, 0.5) is 0 Å². The van der Waals surface area contributed by atoms with Crippen molar-refractivity contribution in [1.82, 2.24) is 0 Å². The van der Waals surface area contributed by atoms with E-state index in [2.05, 4.69) is 0 Å². The zero-order chi connectivity index (χ0) is 20.9. The number of ether oxygens (including phenoxy) is 4. The number of phosphoric ester groups is 1. The molecule has 0 heterocycles. The van der Waals surface area contributed by atoms with Crippen molar-refractivity contribution in [2.24, 2.45) is 0 Å². The monoisotopic (exact) mass is 412 g/mol. The number of ketones is 1. The van der Waals surface area contributed by atoms with Gasteiger partial charge in [-0.1, -0.05) is 0 Å². The molecule has 0 bridgehead atoms. The van der Waals surface area contributed by atoms with Gasteiger partial charge in [-0.15, -0.1) is 0 Å². The molecule has 2 aromatic rings. The molecule has 0 aromatic heterocycles. The lowest BCUT2D eigenvalue weighted by Crippen LogP contribution is -2.16. The van der Waals surface area contributed by atoms with Crippen molar-refractivity contribution in [2.45, 2.75) is 6.10 Å². The highest BCUT2D eigenvalue weighted by molar-refractivity contribution is 7.46. The summed E-state index contributed by atoms with van der Waals surface area (Å²) in [4.78, 5) is 31.7. The van der Waals surface area contributed by atoms with E-state index in [4.69, 9.17) is 23.5 Å². The minimum absolute atomic E-state index is 0.0800. The molecule has 0 saturated heterocycles. The number of hydrogen-bond donors (Lipinski definition) is 2. The Morgan fingerprint density at radius 2 is 1.18 bits per heavy atom. The molecule has 0 amide bonds. The zero-order valence-electron chi connectivity index (χ0n) is 15.7. The van der Waals surface area contributed by atoms with Crippen molar-refractivity contribution in [2.75, 3.05) is 28.4 Å². The molecule has 0 fully saturated rings. The van der Waals surface area contributed by atoms with Gasteiger partial charge in [0.25, 0.3) is 0 Å². The van der Waals surface area contributed by atoms with Crippen LogP contribution in [0.2, 0.25) is 0 Å². The van der Waals surface area contributed by atoms with E-state index in [0.717, 1.165) is 0 Å². The maximum Gasteiger partial charge on any atom is 0.470 e. The largest absolute Gasteiger partial charge is 0.497 e. The average molecular weight is 412 g/mol. The second-order valence-electron chi connectivity index (χ2n) is 5.59. The number of Topliss-reactive ketones (excluding diaryl/α,β-unsaturated/α-hetero) is 1. The highest BCUT2D eigenvalue weighted by Gasteiger charge is 2.32. The molecular formula is C18H21O9P. The molecule has 0 aliphatic carbocycles. The van der Waals surface area contributed by atoms with E-state index in [1.807, 2.05) is 0 Å². The van der Waals surface area contributed by atoms with E-state index < -0.39 is 19.7 Å². The molecule has 0 spiro atoms. The number of rotatable bonds is 9. The minimum Gasteiger partial charge on any atom is -0.497 e. The summed E-state index contributed by atoms with van der Waals surface area (Å²) in [5.41, 5.74) is 0.225. The Hall–Kier alpha value is -2.58. The van der Waals surface area contributed by atoms with Crippen LogP contribution in [0, 0.1) is 0 Å². The fourth-order valence-electron chi connectivity index (χ4n) is 2.48. The van der Waals surface area contributed by atoms with Crippen LogP contribution in [0.3, 0.4) is 0 Å². The van der Waals surface area contributed by atoms with Crippen molar-refractivity contribution in [3.8, 4) is 23.0 Å². The van der Waals surface area contributed by atoms with Gasteiger partial charge < -0.3 is 28.7 Å². The van der Waals surface area contributed by atoms with E-state index in [1.54, 1.807) is 12.1 Å². The Bertz CT molecular complexity index is 846. The topological polar surface area (TPSA) is 121 Å². The Balaban J connectivity index is 2.58. The highest BCUT2D eigenvalue weighted by atomic mass is 31.2. The molecule has 28 heavy (non-hydrogen) atoms. The number of carbonyl (C=O) groups is 1. The van der Waals surface area contributed by atoms with Gasteiger partial charge in [-0.05, 0) is 29.8 Å². The molecule has 152 valence electrons. The van der Waals surface area contributed by atoms with Crippen LogP contribution in [0.25, 0.3) is 0 Å². The second-order valence-corrected chi connectivity index (χ2v) is 6.78. The van der Waals surface area contributed by atoms with Crippen molar-refractivity contribution < 1.29 is 42.6 Å². The van der Waals surface area contributed by atoms with Crippen LogP contribution >= 0.6 is 7.82 Å². The normalized spacial score (nSPS) is 12.2. The molecule has 0 aliphatic heterocycles. The quantitative estimate of drug-likeness (QED) is 0.473. The van der Waals surface area contributed by atoms with Crippen molar-refractivity contribution in [3.63, 3.8) is 0 Å². The van der Waals surface area contributed by atoms with Gasteiger partial charge in [-0.3, -0.25) is 9.32 Å². The molecule has 2 N–H and O–H groups in total. The first kappa shape index (κ1) is 21.7. The van der Waals surface area contributed by atoms with Gasteiger partial charge in [0.2, 0.25) is 0 Å². The number of carbonyl (C=O) groups excluding carboxylic acids is 1. The van der Waals surface area contributed by atoms with Gasteiger partial charge in [0, 0.05) is 17.7 Å². The Morgan fingerprint density at radius 1 is 0.786 bits per heavy atom. The summed E-state index contributed by atoms with van der Waals surface area (Å²) in [6.07, 6.45) is -1.62. The molecule has 9 nitrogen and oxygen atoms in total. The van der Waals surface area contributed by atoms with E-state index in [9.17, 15) is 19.1 Å². The molecule has 0 saturated carbocycles. The van der Waals surface area contributed by atoms with Gasteiger partial charge in [0.15, 0.2) is 11.9 Å². The summed E-state index contributed by atoms with van der Waals surface area (Å²) in [6.45, 7) is 0. The van der Waals surface area contributed by atoms with E-state index in [0.29, 0.717) is 23.0 Å². The fraction of sp³-hybridized carbons (Fsp3) is 0.278. The Morgan fingerprint density at radius 3 is 1.54 bits per heavy atom. The van der Waals surface area contributed by atoms with Crippen LogP contribution in [0.5, 0.6) is 23.0 Å². The Kier molecular flexibility index (Phi) is 7.04. The average Bonchev–Trinajstić information content (AvgIpc) is 2.69. The lowest BCUT2D eigenvalue weighted by Gasteiger charge is -2.19. The number of phosphoric acid groups is 1. The van der Waals surface area contributed by atoms with Crippen LogP contribution in [0.15, 0.2) is 36.4 Å². The lowest BCUT2D eigenvalue weighted by molar-refractivity contribution is 0.0709. The zero-order valence-corrected chi connectivity index (χ0v) is 16.6. The maximum atomic E-state index is 13.1. The third-order valence-corrected chi connectivity index (χ3v) is 4.28. The summed E-state index contributed by atoms with van der Waals surface area (Å²) in [7, 11) is 0.639. The minimum atomic E-state index is -5.01. The molecule has 1 atom stereocenters. The summed E-state index contributed by atoms with van der Waals surface area (Å²) < 4.78 is 36.9. The van der Waals surface area contributed by atoms with Gasteiger partial charge in [-0.2, -0.15) is 0 Å². The van der Waals surface area contributed by atoms with Crippen molar-refractivity contribution in [3.05, 3.63) is 47.5 Å². The highest BCUT2D eigenvalue weighted by Crippen LogP contribution is 2.45. The molecule has 2 aromatic carbocycles. The summed E-state index contributed by atoms with van der Waals surface area (Å²) in [6, 6.07) is 8.80. The van der Waals surface area contributed by atoms with Crippen LogP contribution in [-0.2, 0) is 9.09 Å². The molecular weight excluding hydrogens is 391 g/mol. The standard InChI is InChI=1S/C18H21O9P/c1-23-13-5-11(6-14(9-13)24-2)17(19)18(27-28(20,21)22)12-7-15(25-3)10-16(8-12)26-4/h5-10,18H,1-4H3,(H2,20,21,22). The van der Waals surface area contributed by atoms with E-state index in [1.165, 1.54) is 52.7 Å². The van der Waals surface area contributed by atoms with Crippen molar-refractivity contribution in [1.29, 1.82) is 0 Å². The number of benzene rings is 2. The lowest BCUT2D eigenvalue weighted by atomic mass is 9.99. The third kappa shape index (κ3) is 5.46. The summed E-state index contributed by atoms with van der Waals surface area (Å²) in [5, 5.41) is 0. The predicted octanol–water partition coefficient (Wildman–Crippen LogP) is 2.75. The third-order valence-electron chi connectivity index (χ3n) is 3.79. The molecule has 0 radical (unpaired) electrons. The molecule has 0 aliphatic rings. The fourth-order valence-corrected chi connectivity index (χ4v) is 2.97. The summed E-state index contributed by atoms with van der Waals surface area (Å²) >= 11 is 0. The SMILES string of the molecule is COc1cc(OC)cc(C(=O)C(OP(=O)(O)O)c2cc(OC)cc(OC)c2)c1. The predicted molar refractivity (Wildman–Crippen MR) is 99.3 cm³/mol. The van der Waals surface area contributed by atoms with Crippen molar-refractivity contribution >= 4 is 13.6 Å². The molecule has 10 heteroatoms. The van der Waals surface area contributed by atoms with Crippen LogP contribution in [0.1, 0.15) is 22.0 Å². The van der Waals surface area contributed by atoms with Gasteiger partial charge in [-0.25, -0.2) is 4.57 Å². The molecule has 2 rings (SSSR count).